The molecule has 0 bridgehead atoms. The number of likely N-dealkylation sites (N-methyl/N-ethyl adjacent to an activating group) is 1. The van der Waals surface area contributed by atoms with E-state index in [1.54, 1.807) is 13.8 Å². The van der Waals surface area contributed by atoms with E-state index in [1.165, 1.54) is 4.90 Å². The Morgan fingerprint density at radius 3 is 2.52 bits per heavy atom. The molecule has 124 valence electrons. The molecule has 1 heterocycles. The third-order valence-corrected chi connectivity index (χ3v) is 3.05. The molecule has 0 atom stereocenters. The highest BCUT2D eigenvalue weighted by atomic mass is 16.6. The molecule has 9 heteroatoms. The number of hydrogen-bond donors (Lipinski definition) is 1. The Balaban J connectivity index is 3.24. The lowest BCUT2D eigenvalue weighted by molar-refractivity contribution is -0.385. The molecule has 9 nitrogen and oxygen atoms in total. The minimum Gasteiger partial charge on any atom is -0.365 e. The predicted molar refractivity (Wildman–Crippen MR) is 82.9 cm³/mol. The Labute approximate surface area is 132 Å². The van der Waals surface area contributed by atoms with Gasteiger partial charge in [0.15, 0.2) is 0 Å². The maximum Gasteiger partial charge on any atom is 0.286 e. The number of rotatable bonds is 7. The van der Waals surface area contributed by atoms with Crippen molar-refractivity contribution in [2.24, 2.45) is 5.73 Å². The number of amides is 2. The van der Waals surface area contributed by atoms with Gasteiger partial charge in [-0.3, -0.25) is 29.1 Å². The van der Waals surface area contributed by atoms with Crippen molar-refractivity contribution < 1.29 is 14.5 Å². The molecule has 0 radical (unpaired) electrons. The van der Waals surface area contributed by atoms with Crippen LogP contribution in [-0.2, 0) is 11.3 Å². The molecule has 1 rings (SSSR count). The smallest absolute Gasteiger partial charge is 0.286 e. The summed E-state index contributed by atoms with van der Waals surface area (Å²) in [4.78, 5) is 47.2. The highest BCUT2D eigenvalue weighted by Crippen LogP contribution is 2.10. The Bertz CT molecular complexity index is 722. The van der Waals surface area contributed by atoms with Crippen LogP contribution >= 0.6 is 0 Å². The lowest BCUT2D eigenvalue weighted by Crippen LogP contribution is -2.38. The predicted octanol–water partition coefficient (Wildman–Crippen LogP) is 0.280. The van der Waals surface area contributed by atoms with Gasteiger partial charge in [-0.2, -0.15) is 0 Å². The van der Waals surface area contributed by atoms with Gasteiger partial charge < -0.3 is 10.6 Å². The Morgan fingerprint density at radius 2 is 2.09 bits per heavy atom. The second-order valence-electron chi connectivity index (χ2n) is 5.03. The molecule has 0 aliphatic carbocycles. The normalized spacial score (nSPS) is 10.2. The van der Waals surface area contributed by atoms with Gasteiger partial charge in [0.1, 0.15) is 12.1 Å². The van der Waals surface area contributed by atoms with Gasteiger partial charge in [-0.1, -0.05) is 12.2 Å². The van der Waals surface area contributed by atoms with Crippen LogP contribution in [-0.4, -0.2) is 39.3 Å². The minimum absolute atomic E-state index is 0.307. The average Bonchev–Trinajstić information content (AvgIpc) is 2.45. The molecular weight excluding hydrogens is 304 g/mol. The van der Waals surface area contributed by atoms with E-state index in [0.717, 1.165) is 22.4 Å². The van der Waals surface area contributed by atoms with E-state index in [2.05, 4.69) is 6.58 Å². The van der Waals surface area contributed by atoms with Crippen LogP contribution in [0.2, 0.25) is 0 Å². The highest BCUT2D eigenvalue weighted by molar-refractivity contribution is 5.93. The molecular formula is C14H18N4O5. The van der Waals surface area contributed by atoms with Crippen LogP contribution in [0.5, 0.6) is 0 Å². The Hall–Kier alpha value is -2.97. The summed E-state index contributed by atoms with van der Waals surface area (Å²) in [6.07, 6.45) is 0.918. The summed E-state index contributed by atoms with van der Waals surface area (Å²) in [7, 11) is 0. The fourth-order valence-electron chi connectivity index (χ4n) is 1.96. The van der Waals surface area contributed by atoms with Crippen LogP contribution in [0.3, 0.4) is 0 Å². The zero-order valence-corrected chi connectivity index (χ0v) is 12.9. The number of nitrogens with zero attached hydrogens (tertiary/aromatic N) is 3. The molecule has 0 aromatic carbocycles. The second-order valence-corrected chi connectivity index (χ2v) is 5.03. The largest absolute Gasteiger partial charge is 0.365 e. The monoisotopic (exact) mass is 322 g/mol. The molecule has 23 heavy (non-hydrogen) atoms. The maximum atomic E-state index is 12.2. The fraction of sp³-hybridized carbons (Fsp3) is 0.357. The first kappa shape index (κ1) is 18.1. The van der Waals surface area contributed by atoms with Crippen LogP contribution < -0.4 is 11.3 Å². The van der Waals surface area contributed by atoms with Gasteiger partial charge in [0.2, 0.25) is 5.91 Å². The maximum absolute atomic E-state index is 12.2. The van der Waals surface area contributed by atoms with E-state index in [9.17, 15) is 24.5 Å². The van der Waals surface area contributed by atoms with Crippen molar-refractivity contribution in [2.75, 3.05) is 13.1 Å². The molecule has 1 aromatic heterocycles. The summed E-state index contributed by atoms with van der Waals surface area (Å²) in [6, 6.07) is 0.803. The van der Waals surface area contributed by atoms with E-state index in [-0.39, 0.29) is 0 Å². The van der Waals surface area contributed by atoms with Crippen LogP contribution in [0.1, 0.15) is 24.2 Å². The number of hydrogen-bond acceptors (Lipinski definition) is 5. The Kier molecular flexibility index (Phi) is 5.77. The van der Waals surface area contributed by atoms with Gasteiger partial charge in [-0.05, 0) is 13.8 Å². The van der Waals surface area contributed by atoms with Gasteiger partial charge in [0.05, 0.1) is 11.1 Å². The van der Waals surface area contributed by atoms with E-state index >= 15 is 0 Å². The summed E-state index contributed by atoms with van der Waals surface area (Å²) in [5, 5.41) is 10.9. The number of carbonyl (C=O) groups is 2. The molecule has 0 fully saturated rings. The van der Waals surface area contributed by atoms with E-state index in [1.807, 2.05) is 0 Å². The molecule has 0 spiro atoms. The summed E-state index contributed by atoms with van der Waals surface area (Å²) in [5.74, 6) is -1.51. The third kappa shape index (κ3) is 4.50. The van der Waals surface area contributed by atoms with Crippen molar-refractivity contribution in [2.45, 2.75) is 20.4 Å². The first-order chi connectivity index (χ1) is 10.7. The van der Waals surface area contributed by atoms with Gasteiger partial charge in [0.25, 0.3) is 17.2 Å². The molecule has 2 amide bonds. The van der Waals surface area contributed by atoms with Gasteiger partial charge in [-0.25, -0.2) is 0 Å². The molecule has 0 saturated carbocycles. The number of aromatic nitrogens is 1. The SMILES string of the molecule is C=C(C)CN(CC)C(=O)Cn1cc([N+](=O)[O-])cc(C(N)=O)c1=O. The molecule has 0 aliphatic heterocycles. The molecule has 0 saturated heterocycles. The first-order valence-corrected chi connectivity index (χ1v) is 6.78. The van der Waals surface area contributed by atoms with Crippen LogP contribution in [0, 0.1) is 10.1 Å². The molecule has 1 aromatic rings. The van der Waals surface area contributed by atoms with Crippen molar-refractivity contribution in [1.82, 2.24) is 9.47 Å². The second kappa shape index (κ2) is 7.34. The number of nitrogens with two attached hydrogens (primary N) is 1. The summed E-state index contributed by atoms with van der Waals surface area (Å²) < 4.78 is 0.821. The average molecular weight is 322 g/mol. The van der Waals surface area contributed by atoms with E-state index in [4.69, 9.17) is 5.73 Å². The summed E-state index contributed by atoms with van der Waals surface area (Å²) in [5.41, 5.74) is 3.94. The van der Waals surface area contributed by atoms with Crippen molar-refractivity contribution in [3.8, 4) is 0 Å². The van der Waals surface area contributed by atoms with Gasteiger partial charge in [0, 0.05) is 19.2 Å². The number of pyridine rings is 1. The zero-order valence-electron chi connectivity index (χ0n) is 12.9. The lowest BCUT2D eigenvalue weighted by atomic mass is 10.2. The van der Waals surface area contributed by atoms with Gasteiger partial charge in [-0.15, -0.1) is 0 Å². The standard InChI is InChI=1S/C14H18N4O5/c1-4-16(6-9(2)3)12(19)8-17-7-10(18(22)23)5-11(13(15)20)14(17)21/h5,7H,2,4,6,8H2,1,3H3,(H2,15,20). The molecule has 0 aliphatic rings. The van der Waals surface area contributed by atoms with Crippen LogP contribution in [0.4, 0.5) is 5.69 Å². The topological polar surface area (TPSA) is 129 Å². The minimum atomic E-state index is -1.09. The lowest BCUT2D eigenvalue weighted by Gasteiger charge is -2.21. The van der Waals surface area contributed by atoms with Crippen LogP contribution in [0.25, 0.3) is 0 Å². The van der Waals surface area contributed by atoms with Crippen molar-refractivity contribution >= 4 is 17.5 Å². The summed E-state index contributed by atoms with van der Waals surface area (Å²) >= 11 is 0. The Morgan fingerprint density at radius 1 is 1.48 bits per heavy atom. The fourth-order valence-corrected chi connectivity index (χ4v) is 1.96. The van der Waals surface area contributed by atoms with E-state index < -0.39 is 40.1 Å². The van der Waals surface area contributed by atoms with Crippen molar-refractivity contribution in [1.29, 1.82) is 0 Å². The van der Waals surface area contributed by atoms with Gasteiger partial charge >= 0.3 is 0 Å². The number of nitro groups is 1. The number of primary amides is 1. The van der Waals surface area contributed by atoms with Crippen molar-refractivity contribution in [3.05, 3.63) is 50.4 Å². The number of carbonyl (C=O) groups excluding carboxylic acids is 2. The third-order valence-electron chi connectivity index (χ3n) is 3.05. The summed E-state index contributed by atoms with van der Waals surface area (Å²) in [6.45, 7) is 7.48. The van der Waals surface area contributed by atoms with Crippen LogP contribution in [0.15, 0.2) is 29.2 Å². The van der Waals surface area contributed by atoms with E-state index in [0.29, 0.717) is 13.1 Å². The molecule has 0 unspecified atom stereocenters. The zero-order chi connectivity index (χ0) is 17.7. The van der Waals surface area contributed by atoms with Crippen molar-refractivity contribution in [3.63, 3.8) is 0 Å². The quantitative estimate of drug-likeness (QED) is 0.438. The highest BCUT2D eigenvalue weighted by Gasteiger charge is 2.20. The first-order valence-electron chi connectivity index (χ1n) is 6.78. The molecule has 2 N–H and O–H groups in total.